The molecule has 2 amide bonds. The average molecular weight is 927 g/mol. The highest BCUT2D eigenvalue weighted by atomic mass is 32.2. The number of carbonyl (C=O) groups is 2. The lowest BCUT2D eigenvalue weighted by atomic mass is 10.2. The molecule has 25 heteroatoms. The van der Waals surface area contributed by atoms with Gasteiger partial charge in [-0.2, -0.15) is 8.75 Å². The van der Waals surface area contributed by atoms with E-state index in [4.69, 9.17) is 14.2 Å². The summed E-state index contributed by atoms with van der Waals surface area (Å²) in [7, 11) is -7.98. The molecule has 2 saturated heterocycles. The number of nitrogens with one attached hydrogen (secondary N) is 2. The van der Waals surface area contributed by atoms with Gasteiger partial charge in [0.25, 0.3) is 20.0 Å². The molecule has 2 aliphatic heterocycles. The number of amides is 2. The van der Waals surface area contributed by atoms with Crippen LogP contribution in [0, 0.1) is 6.92 Å². The predicted molar refractivity (Wildman–Crippen MR) is 214 cm³/mol. The fraction of sp³-hybridized carbons (Fsp3) is 0.333. The molecule has 2 fully saturated rings. The van der Waals surface area contributed by atoms with Crippen LogP contribution in [0.2, 0.25) is 0 Å². The Kier molecular flexibility index (Phi) is 14.7. The summed E-state index contributed by atoms with van der Waals surface area (Å²) in [6.07, 6.45) is -4.95. The number of halogens is 3. The van der Waals surface area contributed by atoms with Gasteiger partial charge in [0, 0.05) is 49.2 Å². The zero-order valence-corrected chi connectivity index (χ0v) is 35.3. The monoisotopic (exact) mass is 926 g/mol. The van der Waals surface area contributed by atoms with Crippen LogP contribution in [0.1, 0.15) is 17.2 Å². The SMILES string of the molecule is Cc1cc(OC(F)(F)F)ccc1S(=O)(=O)Nc1nc(CC(=O)N2CCOCC2)ns1.O=C(Cc1nsc(NS(=O)(=O)c2ccc(Oc3ccccc3)cc2)n1)N1CCOCC1. The van der Waals surface area contributed by atoms with Crippen molar-refractivity contribution in [2.45, 2.75) is 35.9 Å². The maximum Gasteiger partial charge on any atom is 0.573 e. The largest absolute Gasteiger partial charge is 0.573 e. The van der Waals surface area contributed by atoms with Crippen molar-refractivity contribution in [3.8, 4) is 17.2 Å². The normalized spacial score (nSPS) is 14.7. The Bertz CT molecular complexity index is 2500. The first-order valence-electron chi connectivity index (χ1n) is 18.1. The number of rotatable bonds is 13. The lowest BCUT2D eigenvalue weighted by molar-refractivity contribution is -0.274. The Balaban J connectivity index is 0.000000204. The molecule has 0 spiro atoms. The molecule has 0 radical (unpaired) electrons. The first-order chi connectivity index (χ1) is 29.0. The standard InChI is InChI=1S/C20H20N4O5S2.C16H17F3N4O5S2/c25-19(24-10-12-28-13-11-24)14-18-21-20(30-22-18)23-31(26,27)17-8-6-16(7-9-17)29-15-4-2-1-3-5-15;1-10-8-11(28-16(17,18)19)2-3-12(10)30(25,26)22-15-20-13(21-29-15)9-14(24)23-4-6-27-7-5-23/h1-9H,10-14H2,(H,21,22,23);2-3,8H,4-7,9H2,1H3,(H,20,21,22). The molecule has 61 heavy (non-hydrogen) atoms. The van der Waals surface area contributed by atoms with E-state index in [0.29, 0.717) is 64.1 Å². The second kappa shape index (κ2) is 19.9. The molecule has 2 aromatic heterocycles. The average Bonchev–Trinajstić information content (AvgIpc) is 3.86. The number of anilines is 2. The molecule has 7 rings (SSSR count). The minimum atomic E-state index is -4.88. The van der Waals surface area contributed by atoms with Gasteiger partial charge in [0.1, 0.15) is 17.2 Å². The molecular weight excluding hydrogens is 890 g/mol. The molecule has 0 unspecified atom stereocenters. The van der Waals surface area contributed by atoms with Crippen LogP contribution in [0.4, 0.5) is 23.4 Å². The van der Waals surface area contributed by atoms with E-state index in [2.05, 4.69) is 32.9 Å². The summed E-state index contributed by atoms with van der Waals surface area (Å²) in [4.78, 5) is 35.8. The topological polar surface area (TPSA) is 221 Å². The summed E-state index contributed by atoms with van der Waals surface area (Å²) in [6, 6.07) is 18.1. The summed E-state index contributed by atoms with van der Waals surface area (Å²) < 4.78 is 120. The van der Waals surface area contributed by atoms with Crippen LogP contribution in [0.25, 0.3) is 0 Å². The van der Waals surface area contributed by atoms with Crippen LogP contribution >= 0.6 is 23.1 Å². The molecule has 326 valence electrons. The molecule has 2 aliphatic rings. The number of aromatic nitrogens is 4. The zero-order valence-electron chi connectivity index (χ0n) is 32.0. The number of aryl methyl sites for hydroxylation is 1. The molecule has 0 bridgehead atoms. The lowest BCUT2D eigenvalue weighted by Crippen LogP contribution is -2.41. The highest BCUT2D eigenvalue weighted by Crippen LogP contribution is 2.28. The molecule has 3 aromatic carbocycles. The van der Waals surface area contributed by atoms with E-state index in [1.165, 1.54) is 19.1 Å². The van der Waals surface area contributed by atoms with Gasteiger partial charge in [0.15, 0.2) is 11.6 Å². The Morgan fingerprint density at radius 2 is 1.18 bits per heavy atom. The number of sulfonamides is 2. The molecule has 0 atom stereocenters. The number of nitrogens with zero attached hydrogens (tertiary/aromatic N) is 6. The van der Waals surface area contributed by atoms with Gasteiger partial charge in [-0.15, -0.1) is 13.2 Å². The summed E-state index contributed by atoms with van der Waals surface area (Å²) in [5.74, 6) is 0.796. The third-order valence-electron chi connectivity index (χ3n) is 8.51. The van der Waals surface area contributed by atoms with Crippen molar-refractivity contribution in [2.75, 3.05) is 62.1 Å². The smallest absolute Gasteiger partial charge is 0.457 e. The van der Waals surface area contributed by atoms with Crippen LogP contribution < -0.4 is 18.9 Å². The number of alkyl halides is 3. The van der Waals surface area contributed by atoms with Crippen molar-refractivity contribution in [1.82, 2.24) is 28.5 Å². The Hall–Kier alpha value is -5.47. The summed E-state index contributed by atoms with van der Waals surface area (Å²) >= 11 is 1.65. The number of morpholine rings is 2. The number of hydrogen-bond donors (Lipinski definition) is 2. The van der Waals surface area contributed by atoms with E-state index in [0.717, 1.165) is 41.3 Å². The van der Waals surface area contributed by atoms with Gasteiger partial charge >= 0.3 is 6.36 Å². The molecule has 5 aromatic rings. The molecule has 2 N–H and O–H groups in total. The van der Waals surface area contributed by atoms with Crippen LogP contribution in [0.5, 0.6) is 17.2 Å². The van der Waals surface area contributed by atoms with Gasteiger partial charge < -0.3 is 28.7 Å². The predicted octanol–water partition coefficient (Wildman–Crippen LogP) is 4.48. The van der Waals surface area contributed by atoms with Gasteiger partial charge in [-0.1, -0.05) is 18.2 Å². The zero-order chi connectivity index (χ0) is 43.6. The second-order valence-electron chi connectivity index (χ2n) is 12.9. The van der Waals surface area contributed by atoms with Gasteiger partial charge in [0.2, 0.25) is 22.1 Å². The summed E-state index contributed by atoms with van der Waals surface area (Å²) in [6.45, 7) is 5.27. The van der Waals surface area contributed by atoms with E-state index in [1.807, 2.05) is 30.3 Å². The van der Waals surface area contributed by atoms with Gasteiger partial charge in [-0.3, -0.25) is 19.0 Å². The number of benzene rings is 3. The van der Waals surface area contributed by atoms with Crippen molar-refractivity contribution < 1.29 is 58.5 Å². The number of ether oxygens (including phenoxy) is 4. The van der Waals surface area contributed by atoms with Crippen LogP contribution in [0.15, 0.2) is 82.6 Å². The highest BCUT2D eigenvalue weighted by molar-refractivity contribution is 7.93. The van der Waals surface area contributed by atoms with Crippen molar-refractivity contribution >= 4 is 65.2 Å². The van der Waals surface area contributed by atoms with Gasteiger partial charge in [-0.25, -0.2) is 26.8 Å². The first-order valence-corrected chi connectivity index (χ1v) is 22.7. The van der Waals surface area contributed by atoms with E-state index in [1.54, 1.807) is 21.9 Å². The first kappa shape index (κ1) is 45.1. The minimum Gasteiger partial charge on any atom is -0.457 e. The molecule has 4 heterocycles. The maximum atomic E-state index is 12.6. The van der Waals surface area contributed by atoms with Crippen LogP contribution in [-0.2, 0) is 52.0 Å². The van der Waals surface area contributed by atoms with Crippen molar-refractivity contribution in [3.63, 3.8) is 0 Å². The van der Waals surface area contributed by atoms with Crippen molar-refractivity contribution in [2.24, 2.45) is 0 Å². The molecular formula is C36H37F3N8O10S4. The van der Waals surface area contributed by atoms with Gasteiger partial charge in [-0.05, 0) is 67.1 Å². The fourth-order valence-corrected chi connectivity index (χ4v) is 9.48. The quantitative estimate of drug-likeness (QED) is 0.166. The Morgan fingerprint density at radius 3 is 1.67 bits per heavy atom. The third-order valence-corrected chi connectivity index (χ3v) is 13.0. The number of hydrogen-bond acceptors (Lipinski definition) is 16. The van der Waals surface area contributed by atoms with Crippen molar-refractivity contribution in [3.05, 3.63) is 90.0 Å². The van der Waals surface area contributed by atoms with Gasteiger partial charge in [0.05, 0.1) is 49.1 Å². The molecule has 18 nitrogen and oxygen atoms in total. The van der Waals surface area contributed by atoms with Crippen LogP contribution in [-0.4, -0.2) is 116 Å². The molecule has 0 saturated carbocycles. The van der Waals surface area contributed by atoms with E-state index < -0.39 is 32.2 Å². The molecule has 0 aliphatic carbocycles. The fourth-order valence-electron chi connectivity index (χ4n) is 5.63. The van der Waals surface area contributed by atoms with E-state index in [-0.39, 0.29) is 61.9 Å². The summed E-state index contributed by atoms with van der Waals surface area (Å²) in [5, 5.41) is 0.0455. The van der Waals surface area contributed by atoms with Crippen LogP contribution in [0.3, 0.4) is 0 Å². The minimum absolute atomic E-state index is 0.0176. The lowest BCUT2D eigenvalue weighted by Gasteiger charge is -2.26. The van der Waals surface area contributed by atoms with Crippen molar-refractivity contribution in [1.29, 1.82) is 0 Å². The maximum absolute atomic E-state index is 12.6. The van der Waals surface area contributed by atoms with E-state index in [9.17, 15) is 39.6 Å². The number of carbonyl (C=O) groups excluding carboxylic acids is 2. The third kappa shape index (κ3) is 13.3. The highest BCUT2D eigenvalue weighted by Gasteiger charge is 2.32. The Labute approximate surface area is 356 Å². The Morgan fingerprint density at radius 1 is 0.705 bits per heavy atom. The van der Waals surface area contributed by atoms with E-state index >= 15 is 0 Å². The summed E-state index contributed by atoms with van der Waals surface area (Å²) in [5.41, 5.74) is 0.0523. The number of para-hydroxylation sites is 1. The second-order valence-corrected chi connectivity index (χ2v) is 17.8.